The first kappa shape index (κ1) is 16.7. The molecule has 2 nitrogen and oxygen atoms in total. The minimum atomic E-state index is 0.361. The summed E-state index contributed by atoms with van der Waals surface area (Å²) in [6.45, 7) is 3.34. The van der Waals surface area contributed by atoms with E-state index >= 15 is 0 Å². The maximum Gasteiger partial charge on any atom is 0.119 e. The van der Waals surface area contributed by atoms with Gasteiger partial charge in [0, 0.05) is 6.04 Å². The van der Waals surface area contributed by atoms with Gasteiger partial charge in [0.05, 0.1) is 7.11 Å². The van der Waals surface area contributed by atoms with Gasteiger partial charge >= 0.3 is 0 Å². The molecule has 132 valence electrons. The monoisotopic (exact) mass is 335 g/mol. The van der Waals surface area contributed by atoms with Crippen LogP contribution >= 0.6 is 0 Å². The number of aryl methyl sites for hydroxylation is 2. The normalized spacial score (nSPS) is 23.0. The van der Waals surface area contributed by atoms with E-state index in [0.717, 1.165) is 24.1 Å². The molecule has 3 atom stereocenters. The Morgan fingerprint density at radius 3 is 2.76 bits per heavy atom. The van der Waals surface area contributed by atoms with Crippen LogP contribution in [0.5, 0.6) is 5.75 Å². The molecule has 2 unspecified atom stereocenters. The average Bonchev–Trinajstić information content (AvgIpc) is 3.45. The third kappa shape index (κ3) is 3.74. The van der Waals surface area contributed by atoms with Crippen molar-refractivity contribution in [3.63, 3.8) is 0 Å². The van der Waals surface area contributed by atoms with Crippen molar-refractivity contribution < 1.29 is 4.74 Å². The summed E-state index contributed by atoms with van der Waals surface area (Å²) in [6.07, 6.45) is 6.63. The number of fused-ring (bicyclic) bond motifs is 1. The van der Waals surface area contributed by atoms with Gasteiger partial charge in [-0.15, -0.1) is 0 Å². The first-order chi connectivity index (χ1) is 12.2. The van der Waals surface area contributed by atoms with Crippen LogP contribution in [0.15, 0.2) is 42.5 Å². The molecule has 0 spiro atoms. The summed E-state index contributed by atoms with van der Waals surface area (Å²) in [5.74, 6) is 2.48. The Bertz CT molecular complexity index is 739. The Morgan fingerprint density at radius 2 is 1.92 bits per heavy atom. The molecule has 0 heterocycles. The first-order valence-electron chi connectivity index (χ1n) is 9.73. The average molecular weight is 335 g/mol. The van der Waals surface area contributed by atoms with Crippen LogP contribution in [0.2, 0.25) is 0 Å². The topological polar surface area (TPSA) is 21.3 Å². The Kier molecular flexibility index (Phi) is 4.80. The zero-order valence-corrected chi connectivity index (χ0v) is 15.4. The molecule has 2 aliphatic carbocycles. The van der Waals surface area contributed by atoms with Crippen molar-refractivity contribution in [3.8, 4) is 5.75 Å². The van der Waals surface area contributed by atoms with Gasteiger partial charge in [0.1, 0.15) is 5.75 Å². The minimum absolute atomic E-state index is 0.361. The summed E-state index contributed by atoms with van der Waals surface area (Å²) in [7, 11) is 1.73. The van der Waals surface area contributed by atoms with Crippen molar-refractivity contribution in [2.75, 3.05) is 13.7 Å². The molecule has 2 aromatic rings. The van der Waals surface area contributed by atoms with E-state index in [0.29, 0.717) is 6.04 Å². The highest BCUT2D eigenvalue weighted by Crippen LogP contribution is 2.47. The zero-order chi connectivity index (χ0) is 17.2. The number of ether oxygens (including phenoxy) is 1. The van der Waals surface area contributed by atoms with E-state index in [2.05, 4.69) is 48.6 Å². The number of hydrogen-bond acceptors (Lipinski definition) is 2. The van der Waals surface area contributed by atoms with Crippen LogP contribution in [0.3, 0.4) is 0 Å². The molecule has 4 rings (SSSR count). The Hall–Kier alpha value is -1.80. The lowest BCUT2D eigenvalue weighted by atomic mass is 9.89. The smallest absolute Gasteiger partial charge is 0.119 e. The molecular weight excluding hydrogens is 306 g/mol. The van der Waals surface area contributed by atoms with E-state index in [-0.39, 0.29) is 0 Å². The van der Waals surface area contributed by atoms with Gasteiger partial charge in [-0.25, -0.2) is 0 Å². The van der Waals surface area contributed by atoms with E-state index < -0.39 is 0 Å². The second kappa shape index (κ2) is 7.21. The lowest BCUT2D eigenvalue weighted by Crippen LogP contribution is -2.21. The van der Waals surface area contributed by atoms with Crippen molar-refractivity contribution in [2.45, 2.75) is 51.0 Å². The van der Waals surface area contributed by atoms with Crippen LogP contribution < -0.4 is 10.1 Å². The van der Waals surface area contributed by atoms with Gasteiger partial charge in [0.2, 0.25) is 0 Å². The quantitative estimate of drug-likeness (QED) is 0.799. The summed E-state index contributed by atoms with van der Waals surface area (Å²) >= 11 is 0. The molecule has 2 aliphatic rings. The van der Waals surface area contributed by atoms with Crippen LogP contribution in [-0.2, 0) is 12.8 Å². The van der Waals surface area contributed by atoms with Crippen molar-refractivity contribution in [2.24, 2.45) is 5.92 Å². The molecule has 1 fully saturated rings. The van der Waals surface area contributed by atoms with Crippen molar-refractivity contribution in [3.05, 3.63) is 64.7 Å². The van der Waals surface area contributed by atoms with Gasteiger partial charge in [-0.05, 0) is 91.8 Å². The van der Waals surface area contributed by atoms with E-state index in [1.807, 2.05) is 6.07 Å². The molecule has 25 heavy (non-hydrogen) atoms. The Morgan fingerprint density at radius 1 is 1.08 bits per heavy atom. The molecule has 0 amide bonds. The van der Waals surface area contributed by atoms with E-state index in [1.54, 1.807) is 23.8 Å². The highest BCUT2D eigenvalue weighted by molar-refractivity contribution is 5.37. The fraction of sp³-hybridized carbons (Fsp3) is 0.478. The second-order valence-electron chi connectivity index (χ2n) is 7.74. The maximum atomic E-state index is 5.34. The SMILES string of the molecule is COc1cccc([C@@H](C)NCC2CC2c2ccc3c(c2)CCCC3)c1. The van der Waals surface area contributed by atoms with Crippen LogP contribution in [0, 0.1) is 5.92 Å². The summed E-state index contributed by atoms with van der Waals surface area (Å²) in [5.41, 5.74) is 6.08. The van der Waals surface area contributed by atoms with Gasteiger partial charge in [-0.1, -0.05) is 30.3 Å². The molecule has 2 heteroatoms. The van der Waals surface area contributed by atoms with Crippen molar-refractivity contribution >= 4 is 0 Å². The van der Waals surface area contributed by atoms with Crippen LogP contribution in [0.1, 0.15) is 60.4 Å². The molecule has 0 saturated heterocycles. The lowest BCUT2D eigenvalue weighted by Gasteiger charge is -2.17. The third-order valence-electron chi connectivity index (χ3n) is 6.00. The summed E-state index contributed by atoms with van der Waals surface area (Å²) < 4.78 is 5.34. The fourth-order valence-corrected chi connectivity index (χ4v) is 4.22. The van der Waals surface area contributed by atoms with Gasteiger partial charge < -0.3 is 10.1 Å². The van der Waals surface area contributed by atoms with Crippen molar-refractivity contribution in [1.29, 1.82) is 0 Å². The summed E-state index contributed by atoms with van der Waals surface area (Å²) in [5, 5.41) is 3.72. The second-order valence-corrected chi connectivity index (χ2v) is 7.74. The van der Waals surface area contributed by atoms with E-state index in [9.17, 15) is 0 Å². The van der Waals surface area contributed by atoms with Crippen LogP contribution in [0.25, 0.3) is 0 Å². The molecule has 2 aromatic carbocycles. The molecular formula is C23H29NO. The summed E-state index contributed by atoms with van der Waals surface area (Å²) in [4.78, 5) is 0. The van der Waals surface area contributed by atoms with Gasteiger partial charge in [0.15, 0.2) is 0 Å². The standard InChI is InChI=1S/C23H29NO/c1-16(18-8-5-9-22(13-18)25-2)24-15-21-14-23(21)20-11-10-17-6-3-4-7-19(17)12-20/h5,8-13,16,21,23-24H,3-4,6-7,14-15H2,1-2H3/t16-,21?,23?/m1/s1. The number of hydrogen-bond donors (Lipinski definition) is 1. The Labute approximate surface area is 151 Å². The predicted molar refractivity (Wildman–Crippen MR) is 103 cm³/mol. The molecule has 0 aromatic heterocycles. The highest BCUT2D eigenvalue weighted by Gasteiger charge is 2.38. The number of methoxy groups -OCH3 is 1. The Balaban J connectivity index is 1.33. The summed E-state index contributed by atoms with van der Waals surface area (Å²) in [6, 6.07) is 16.0. The zero-order valence-electron chi connectivity index (χ0n) is 15.4. The number of benzene rings is 2. The third-order valence-corrected chi connectivity index (χ3v) is 6.00. The highest BCUT2D eigenvalue weighted by atomic mass is 16.5. The molecule has 0 aliphatic heterocycles. The largest absolute Gasteiger partial charge is 0.497 e. The predicted octanol–water partition coefficient (Wildman–Crippen LogP) is 5.03. The number of rotatable bonds is 6. The van der Waals surface area contributed by atoms with Gasteiger partial charge in [-0.3, -0.25) is 0 Å². The van der Waals surface area contributed by atoms with E-state index in [1.165, 1.54) is 37.7 Å². The number of nitrogens with one attached hydrogen (secondary N) is 1. The minimum Gasteiger partial charge on any atom is -0.497 e. The van der Waals surface area contributed by atoms with Crippen LogP contribution in [-0.4, -0.2) is 13.7 Å². The molecule has 0 bridgehead atoms. The van der Waals surface area contributed by atoms with Gasteiger partial charge in [0.25, 0.3) is 0 Å². The molecule has 0 radical (unpaired) electrons. The van der Waals surface area contributed by atoms with Gasteiger partial charge in [-0.2, -0.15) is 0 Å². The van der Waals surface area contributed by atoms with E-state index in [4.69, 9.17) is 4.74 Å². The molecule has 1 N–H and O–H groups in total. The lowest BCUT2D eigenvalue weighted by molar-refractivity contribution is 0.413. The first-order valence-corrected chi connectivity index (χ1v) is 9.73. The van der Waals surface area contributed by atoms with Crippen LogP contribution in [0.4, 0.5) is 0 Å². The molecule has 1 saturated carbocycles. The fourth-order valence-electron chi connectivity index (χ4n) is 4.22. The maximum absolute atomic E-state index is 5.34. The van der Waals surface area contributed by atoms with Crippen molar-refractivity contribution in [1.82, 2.24) is 5.32 Å².